The van der Waals surface area contributed by atoms with Gasteiger partial charge >= 0.3 is 5.97 Å². The molecule has 0 atom stereocenters. The van der Waals surface area contributed by atoms with E-state index in [-0.39, 0.29) is 18.6 Å². The Morgan fingerprint density at radius 1 is 1.20 bits per heavy atom. The maximum atomic E-state index is 11.5. The van der Waals surface area contributed by atoms with Crippen LogP contribution in [0.5, 0.6) is 11.5 Å². The Morgan fingerprint density at radius 3 is 2.65 bits per heavy atom. The maximum absolute atomic E-state index is 11.5. The number of phenols is 1. The smallest absolute Gasteiger partial charge is 0.311 e. The van der Waals surface area contributed by atoms with E-state index in [9.17, 15) is 14.7 Å². The number of halogens is 1. The number of ether oxygens (including phenoxy) is 1. The van der Waals surface area contributed by atoms with Crippen LogP contribution in [-0.4, -0.2) is 16.3 Å². The van der Waals surface area contributed by atoms with Crippen molar-refractivity contribution in [1.82, 2.24) is 0 Å². The molecule has 0 heterocycles. The van der Waals surface area contributed by atoms with Crippen molar-refractivity contribution in [2.45, 2.75) is 19.8 Å². The number of carbonyl (C=O) groups excluding carboxylic acids is 2. The lowest BCUT2D eigenvalue weighted by Crippen LogP contribution is -2.08. The lowest BCUT2D eigenvalue weighted by molar-refractivity contribution is -0.135. The quantitative estimate of drug-likeness (QED) is 0.533. The molecule has 0 fully saturated rings. The van der Waals surface area contributed by atoms with Crippen molar-refractivity contribution >= 4 is 33.6 Å². The van der Waals surface area contributed by atoms with Crippen molar-refractivity contribution in [3.8, 4) is 11.5 Å². The second-order valence-corrected chi connectivity index (χ2v) is 4.84. The van der Waals surface area contributed by atoms with Crippen LogP contribution in [0.15, 0.2) is 30.3 Å². The van der Waals surface area contributed by atoms with E-state index in [2.05, 4.69) is 0 Å². The van der Waals surface area contributed by atoms with Gasteiger partial charge in [0.1, 0.15) is 11.5 Å². The predicted octanol–water partition coefficient (Wildman–Crippen LogP) is 3.30. The van der Waals surface area contributed by atoms with Gasteiger partial charge in [-0.15, -0.1) is 0 Å². The summed E-state index contributed by atoms with van der Waals surface area (Å²) in [6.07, 6.45) is -0.0874. The second-order valence-electron chi connectivity index (χ2n) is 4.42. The topological polar surface area (TPSA) is 63.6 Å². The molecule has 0 radical (unpaired) electrons. The van der Waals surface area contributed by atoms with Gasteiger partial charge in [-0.3, -0.25) is 9.59 Å². The normalized spacial score (nSPS) is 10.5. The third-order valence-electron chi connectivity index (χ3n) is 2.99. The fourth-order valence-electron chi connectivity index (χ4n) is 1.90. The average molecular weight is 293 g/mol. The van der Waals surface area contributed by atoms with E-state index in [4.69, 9.17) is 16.3 Å². The third-order valence-corrected chi connectivity index (χ3v) is 3.18. The van der Waals surface area contributed by atoms with Gasteiger partial charge in [0.05, 0.1) is 6.42 Å². The maximum Gasteiger partial charge on any atom is 0.311 e. The van der Waals surface area contributed by atoms with Crippen LogP contribution in [-0.2, 0) is 9.59 Å². The molecule has 0 aromatic heterocycles. The van der Waals surface area contributed by atoms with Crippen molar-refractivity contribution in [2.75, 3.05) is 0 Å². The molecule has 20 heavy (non-hydrogen) atoms. The minimum absolute atomic E-state index is 0.0407. The van der Waals surface area contributed by atoms with Crippen LogP contribution in [0, 0.1) is 6.92 Å². The van der Waals surface area contributed by atoms with E-state index in [1.54, 1.807) is 30.3 Å². The van der Waals surface area contributed by atoms with Crippen molar-refractivity contribution < 1.29 is 19.4 Å². The summed E-state index contributed by atoms with van der Waals surface area (Å²) in [5, 5.41) is 10.8. The van der Waals surface area contributed by atoms with Gasteiger partial charge in [0, 0.05) is 6.42 Å². The molecule has 0 amide bonds. The first-order valence-electron chi connectivity index (χ1n) is 6.08. The van der Waals surface area contributed by atoms with Crippen LogP contribution in [0.2, 0.25) is 0 Å². The van der Waals surface area contributed by atoms with Gasteiger partial charge in [-0.2, -0.15) is 0 Å². The lowest BCUT2D eigenvalue weighted by atomic mass is 10.0. The molecular weight excluding hydrogens is 280 g/mol. The number of carbonyl (C=O) groups is 2. The molecule has 4 nitrogen and oxygen atoms in total. The van der Waals surface area contributed by atoms with Crippen molar-refractivity contribution in [2.24, 2.45) is 0 Å². The van der Waals surface area contributed by atoms with Crippen molar-refractivity contribution in [1.29, 1.82) is 0 Å². The minimum atomic E-state index is -0.563. The zero-order chi connectivity index (χ0) is 14.7. The molecule has 0 saturated heterocycles. The van der Waals surface area contributed by atoms with Crippen LogP contribution >= 0.6 is 11.6 Å². The van der Waals surface area contributed by atoms with Crippen LogP contribution in [0.4, 0.5) is 0 Å². The third kappa shape index (κ3) is 3.27. The molecule has 2 aromatic rings. The highest BCUT2D eigenvalue weighted by atomic mass is 35.5. The highest BCUT2D eigenvalue weighted by Crippen LogP contribution is 2.29. The highest BCUT2D eigenvalue weighted by Gasteiger charge is 2.09. The summed E-state index contributed by atoms with van der Waals surface area (Å²) in [7, 11) is 0. The summed E-state index contributed by atoms with van der Waals surface area (Å²) in [5.41, 5.74) is 0.771. The monoisotopic (exact) mass is 292 g/mol. The molecule has 2 aromatic carbocycles. The van der Waals surface area contributed by atoms with Gasteiger partial charge in [0.2, 0.25) is 5.24 Å². The zero-order valence-electron chi connectivity index (χ0n) is 10.9. The predicted molar refractivity (Wildman–Crippen MR) is 76.1 cm³/mol. The molecule has 5 heteroatoms. The van der Waals surface area contributed by atoms with Crippen LogP contribution < -0.4 is 4.74 Å². The van der Waals surface area contributed by atoms with E-state index in [0.29, 0.717) is 5.75 Å². The largest absolute Gasteiger partial charge is 0.508 e. The molecule has 1 N–H and O–H groups in total. The van der Waals surface area contributed by atoms with E-state index < -0.39 is 11.2 Å². The van der Waals surface area contributed by atoms with Crippen LogP contribution in [0.3, 0.4) is 0 Å². The first kappa shape index (κ1) is 14.3. The number of benzene rings is 2. The minimum Gasteiger partial charge on any atom is -0.508 e. The molecular formula is C15H13ClO4. The first-order valence-corrected chi connectivity index (χ1v) is 6.46. The number of esters is 1. The standard InChI is InChI=1S/C15H13ClO4/c1-9-12-4-3-11(8-10(12)2-5-13(9)17)20-15(19)7-6-14(16)18/h2-5,8,17H,6-7H2,1H3. The number of phenolic OH excluding ortho intramolecular Hbond substituents is 1. The van der Waals surface area contributed by atoms with E-state index >= 15 is 0 Å². The molecule has 104 valence electrons. The van der Waals surface area contributed by atoms with Gasteiger partial charge in [0.15, 0.2) is 0 Å². The number of hydrogen-bond donors (Lipinski definition) is 1. The molecule has 0 spiro atoms. The summed E-state index contributed by atoms with van der Waals surface area (Å²) >= 11 is 5.16. The summed E-state index contributed by atoms with van der Waals surface area (Å²) in [5.74, 6) is 0.117. The summed E-state index contributed by atoms with van der Waals surface area (Å²) < 4.78 is 5.13. The number of fused-ring (bicyclic) bond motifs is 1. The Kier molecular flexibility index (Phi) is 4.25. The second kappa shape index (κ2) is 5.92. The van der Waals surface area contributed by atoms with E-state index in [0.717, 1.165) is 16.3 Å². The SMILES string of the molecule is Cc1c(O)ccc2cc(OC(=O)CCC(=O)Cl)ccc12. The zero-order valence-corrected chi connectivity index (χ0v) is 11.6. The Morgan fingerprint density at radius 2 is 1.95 bits per heavy atom. The fourth-order valence-corrected chi connectivity index (χ4v) is 1.99. The Labute approximate surface area is 120 Å². The van der Waals surface area contributed by atoms with Gasteiger partial charge in [-0.25, -0.2) is 0 Å². The molecule has 0 bridgehead atoms. The number of hydrogen-bond acceptors (Lipinski definition) is 4. The molecule has 0 aliphatic carbocycles. The Hall–Kier alpha value is -2.07. The highest BCUT2D eigenvalue weighted by molar-refractivity contribution is 6.63. The Bertz CT molecular complexity index is 679. The van der Waals surface area contributed by atoms with Gasteiger partial charge < -0.3 is 9.84 Å². The van der Waals surface area contributed by atoms with E-state index in [1.807, 2.05) is 6.92 Å². The lowest BCUT2D eigenvalue weighted by Gasteiger charge is -2.07. The summed E-state index contributed by atoms with van der Waals surface area (Å²) in [6.45, 7) is 1.81. The van der Waals surface area contributed by atoms with Crippen LogP contribution in [0.1, 0.15) is 18.4 Å². The summed E-state index contributed by atoms with van der Waals surface area (Å²) in [6, 6.07) is 8.48. The summed E-state index contributed by atoms with van der Waals surface area (Å²) in [4.78, 5) is 22.1. The molecule has 0 saturated carbocycles. The number of aryl methyl sites for hydroxylation is 1. The van der Waals surface area contributed by atoms with Gasteiger partial charge in [-0.05, 0) is 53.1 Å². The first-order chi connectivity index (χ1) is 9.47. The number of rotatable bonds is 4. The van der Waals surface area contributed by atoms with Crippen molar-refractivity contribution in [3.63, 3.8) is 0 Å². The average Bonchev–Trinajstić information content (AvgIpc) is 2.41. The van der Waals surface area contributed by atoms with E-state index in [1.165, 1.54) is 0 Å². The van der Waals surface area contributed by atoms with Gasteiger partial charge in [0.25, 0.3) is 0 Å². The molecule has 0 aliphatic heterocycles. The Balaban J connectivity index is 2.18. The number of aromatic hydroxyl groups is 1. The van der Waals surface area contributed by atoms with Gasteiger partial charge in [-0.1, -0.05) is 12.1 Å². The molecule has 0 aliphatic rings. The fraction of sp³-hybridized carbons (Fsp3) is 0.200. The van der Waals surface area contributed by atoms with Crippen molar-refractivity contribution in [3.05, 3.63) is 35.9 Å². The molecule has 2 rings (SSSR count). The molecule has 0 unspecified atom stereocenters. The van der Waals surface area contributed by atoms with Crippen LogP contribution in [0.25, 0.3) is 10.8 Å².